The van der Waals surface area contributed by atoms with E-state index in [-0.39, 0.29) is 5.56 Å². The molecule has 1 aromatic carbocycles. The number of benzene rings is 1. The fourth-order valence-corrected chi connectivity index (χ4v) is 2.28. The molecule has 1 N–H and O–H groups in total. The van der Waals surface area contributed by atoms with Crippen LogP contribution in [0.1, 0.15) is 12.6 Å². The third-order valence-electron chi connectivity index (χ3n) is 2.34. The summed E-state index contributed by atoms with van der Waals surface area (Å²) in [6.07, 6.45) is 0.791. The van der Waals surface area contributed by atoms with Gasteiger partial charge in [-0.15, -0.1) is 0 Å². The molecule has 0 aliphatic heterocycles. The van der Waals surface area contributed by atoms with Crippen LogP contribution in [-0.2, 0) is 6.42 Å². The lowest BCUT2D eigenvalue weighted by atomic mass is 10.3. The van der Waals surface area contributed by atoms with Crippen LogP contribution in [0.5, 0.6) is 0 Å². The van der Waals surface area contributed by atoms with E-state index in [4.69, 9.17) is 0 Å². The standard InChI is InChI=1S/C11H10Br2N2O/c1-2-9-10(13)11(16)15(14-9)8-5-3-7(12)4-6-8/h3-6,14H,2H2,1H3. The van der Waals surface area contributed by atoms with Gasteiger partial charge in [-0.2, -0.15) is 0 Å². The molecule has 0 saturated heterocycles. The Labute approximate surface area is 110 Å². The highest BCUT2D eigenvalue weighted by Crippen LogP contribution is 2.15. The highest BCUT2D eigenvalue weighted by atomic mass is 79.9. The smallest absolute Gasteiger partial charge is 0.285 e. The van der Waals surface area contributed by atoms with Crippen molar-refractivity contribution in [3.8, 4) is 5.69 Å². The van der Waals surface area contributed by atoms with Crippen molar-refractivity contribution in [3.05, 3.63) is 49.3 Å². The van der Waals surface area contributed by atoms with Crippen molar-refractivity contribution in [2.24, 2.45) is 0 Å². The zero-order valence-electron chi connectivity index (χ0n) is 8.63. The lowest BCUT2D eigenvalue weighted by molar-refractivity contribution is 0.819. The van der Waals surface area contributed by atoms with Gasteiger partial charge in [0, 0.05) is 4.47 Å². The molecule has 0 saturated carbocycles. The third-order valence-corrected chi connectivity index (χ3v) is 3.69. The van der Waals surface area contributed by atoms with Crippen LogP contribution in [0.2, 0.25) is 0 Å². The van der Waals surface area contributed by atoms with Gasteiger partial charge in [0.2, 0.25) is 0 Å². The van der Waals surface area contributed by atoms with E-state index in [0.717, 1.165) is 22.3 Å². The van der Waals surface area contributed by atoms with Crippen LogP contribution >= 0.6 is 31.9 Å². The van der Waals surface area contributed by atoms with Crippen molar-refractivity contribution in [1.29, 1.82) is 0 Å². The van der Waals surface area contributed by atoms with Gasteiger partial charge in [0.15, 0.2) is 0 Å². The topological polar surface area (TPSA) is 37.8 Å². The van der Waals surface area contributed by atoms with E-state index in [2.05, 4.69) is 37.0 Å². The van der Waals surface area contributed by atoms with Gasteiger partial charge in [-0.3, -0.25) is 9.89 Å². The molecule has 0 amide bonds. The second kappa shape index (κ2) is 4.59. The molecule has 0 aliphatic rings. The minimum absolute atomic E-state index is 0.0563. The first-order valence-electron chi connectivity index (χ1n) is 4.88. The molecule has 0 fully saturated rings. The molecular formula is C11H10Br2N2O. The second-order valence-corrected chi connectivity index (χ2v) is 5.08. The fourth-order valence-electron chi connectivity index (χ4n) is 1.47. The van der Waals surface area contributed by atoms with E-state index in [0.29, 0.717) is 4.47 Å². The van der Waals surface area contributed by atoms with Crippen molar-refractivity contribution < 1.29 is 0 Å². The van der Waals surface area contributed by atoms with E-state index in [9.17, 15) is 4.79 Å². The van der Waals surface area contributed by atoms with Gasteiger partial charge in [0.25, 0.3) is 5.56 Å². The Morgan fingerprint density at radius 2 is 1.88 bits per heavy atom. The summed E-state index contributed by atoms with van der Waals surface area (Å²) in [5.74, 6) is 0. The SMILES string of the molecule is CCc1[nH]n(-c2ccc(Br)cc2)c(=O)c1Br. The molecule has 0 spiro atoms. The Morgan fingerprint density at radius 3 is 2.38 bits per heavy atom. The number of nitrogens with zero attached hydrogens (tertiary/aromatic N) is 1. The monoisotopic (exact) mass is 344 g/mol. The van der Waals surface area contributed by atoms with Crippen LogP contribution in [0.4, 0.5) is 0 Å². The van der Waals surface area contributed by atoms with Gasteiger partial charge in [0.1, 0.15) is 4.47 Å². The normalized spacial score (nSPS) is 10.7. The van der Waals surface area contributed by atoms with Crippen molar-refractivity contribution in [2.45, 2.75) is 13.3 Å². The van der Waals surface area contributed by atoms with Gasteiger partial charge in [-0.25, -0.2) is 4.68 Å². The van der Waals surface area contributed by atoms with E-state index >= 15 is 0 Å². The van der Waals surface area contributed by atoms with Gasteiger partial charge >= 0.3 is 0 Å². The molecule has 84 valence electrons. The minimum atomic E-state index is -0.0563. The Morgan fingerprint density at radius 1 is 1.25 bits per heavy atom. The third kappa shape index (κ3) is 2.01. The summed E-state index contributed by atoms with van der Waals surface area (Å²) in [5, 5.41) is 3.08. The number of aromatic amines is 1. The molecule has 3 nitrogen and oxygen atoms in total. The molecule has 16 heavy (non-hydrogen) atoms. The Bertz CT molecular complexity index is 554. The number of hydrogen-bond acceptors (Lipinski definition) is 1. The van der Waals surface area contributed by atoms with E-state index in [1.54, 1.807) is 0 Å². The zero-order chi connectivity index (χ0) is 11.7. The number of halogens is 2. The van der Waals surface area contributed by atoms with Crippen molar-refractivity contribution in [2.75, 3.05) is 0 Å². The second-order valence-electron chi connectivity index (χ2n) is 3.37. The number of rotatable bonds is 2. The van der Waals surface area contributed by atoms with E-state index in [1.165, 1.54) is 4.68 Å². The molecule has 0 unspecified atom stereocenters. The predicted octanol–water partition coefficient (Wildman–Crippen LogP) is 3.25. The molecule has 2 aromatic rings. The first-order valence-corrected chi connectivity index (χ1v) is 6.47. The van der Waals surface area contributed by atoms with Gasteiger partial charge in [-0.05, 0) is 46.6 Å². The molecule has 0 atom stereocenters. The van der Waals surface area contributed by atoms with Crippen LogP contribution < -0.4 is 5.56 Å². The number of aromatic nitrogens is 2. The Balaban J connectivity index is 2.56. The maximum atomic E-state index is 11.9. The molecule has 0 radical (unpaired) electrons. The van der Waals surface area contributed by atoms with Gasteiger partial charge in [0.05, 0.1) is 11.4 Å². The largest absolute Gasteiger partial charge is 0.294 e. The minimum Gasteiger partial charge on any atom is -0.294 e. The number of aryl methyl sites for hydroxylation is 1. The van der Waals surface area contributed by atoms with Crippen molar-refractivity contribution in [3.63, 3.8) is 0 Å². The average Bonchev–Trinajstić information content (AvgIpc) is 2.57. The Kier molecular flexibility index (Phi) is 3.35. The summed E-state index contributed by atoms with van der Waals surface area (Å²) < 4.78 is 3.14. The quantitative estimate of drug-likeness (QED) is 0.891. The number of H-pyrrole nitrogens is 1. The molecule has 1 aromatic heterocycles. The predicted molar refractivity (Wildman–Crippen MR) is 71.2 cm³/mol. The van der Waals surface area contributed by atoms with Crippen LogP contribution in [0.15, 0.2) is 38.0 Å². The molecule has 2 rings (SSSR count). The van der Waals surface area contributed by atoms with Crippen LogP contribution in [0.25, 0.3) is 5.69 Å². The molecule has 0 bridgehead atoms. The summed E-state index contributed by atoms with van der Waals surface area (Å²) >= 11 is 6.66. The summed E-state index contributed by atoms with van der Waals surface area (Å²) in [5.41, 5.74) is 1.68. The molecule has 5 heteroatoms. The Hall–Kier alpha value is -0.810. The summed E-state index contributed by atoms with van der Waals surface area (Å²) in [6, 6.07) is 7.58. The molecule has 0 aliphatic carbocycles. The van der Waals surface area contributed by atoms with E-state index in [1.807, 2.05) is 31.2 Å². The van der Waals surface area contributed by atoms with Crippen molar-refractivity contribution in [1.82, 2.24) is 9.78 Å². The van der Waals surface area contributed by atoms with Crippen LogP contribution in [-0.4, -0.2) is 9.78 Å². The first kappa shape index (κ1) is 11.7. The molecular weight excluding hydrogens is 336 g/mol. The summed E-state index contributed by atoms with van der Waals surface area (Å²) in [6.45, 7) is 2.00. The number of nitrogens with one attached hydrogen (secondary N) is 1. The highest BCUT2D eigenvalue weighted by molar-refractivity contribution is 9.10. The van der Waals surface area contributed by atoms with Gasteiger partial charge < -0.3 is 0 Å². The highest BCUT2D eigenvalue weighted by Gasteiger charge is 2.10. The maximum Gasteiger partial charge on any atom is 0.285 e. The average molecular weight is 346 g/mol. The zero-order valence-corrected chi connectivity index (χ0v) is 11.8. The number of hydrogen-bond donors (Lipinski definition) is 1. The maximum absolute atomic E-state index is 11.9. The van der Waals surface area contributed by atoms with Crippen LogP contribution in [0, 0.1) is 0 Å². The summed E-state index contributed by atoms with van der Waals surface area (Å²) in [4.78, 5) is 11.9. The first-order chi connectivity index (χ1) is 7.63. The van der Waals surface area contributed by atoms with E-state index < -0.39 is 0 Å². The lowest BCUT2D eigenvalue weighted by Gasteiger charge is -2.01. The fraction of sp³-hybridized carbons (Fsp3) is 0.182. The molecule has 1 heterocycles. The van der Waals surface area contributed by atoms with Crippen molar-refractivity contribution >= 4 is 31.9 Å². The van der Waals surface area contributed by atoms with Gasteiger partial charge in [-0.1, -0.05) is 22.9 Å². The lowest BCUT2D eigenvalue weighted by Crippen LogP contribution is -2.14. The summed E-state index contributed by atoms with van der Waals surface area (Å²) in [7, 11) is 0. The van der Waals surface area contributed by atoms with Crippen LogP contribution in [0.3, 0.4) is 0 Å².